The molecule has 2 fully saturated rings. The molecule has 1 saturated carbocycles. The third kappa shape index (κ3) is 3.24. The van der Waals surface area contributed by atoms with Crippen LogP contribution in [0.3, 0.4) is 0 Å². The van der Waals surface area contributed by atoms with Crippen molar-refractivity contribution in [1.82, 2.24) is 24.4 Å². The van der Waals surface area contributed by atoms with Crippen LogP contribution in [0.25, 0.3) is 5.65 Å². The molecule has 0 unspecified atom stereocenters. The number of nitrogens with one attached hydrogen (secondary N) is 1. The van der Waals surface area contributed by atoms with Gasteiger partial charge in [-0.3, -0.25) is 18.8 Å². The number of piperazine rings is 1. The molecule has 1 N–H and O–H groups in total. The number of hydrogen-bond acceptors (Lipinski definition) is 5. The minimum atomic E-state index is -0.625. The van der Waals surface area contributed by atoms with Gasteiger partial charge < -0.3 is 15.1 Å². The molecule has 1 aliphatic carbocycles. The quantitative estimate of drug-likeness (QED) is 0.778. The minimum Gasteiger partial charge on any atom is -0.333 e. The number of likely N-dealkylation sites (N-methyl/N-ethyl adjacent to an activating group) is 1. The molecule has 3 heterocycles. The van der Waals surface area contributed by atoms with E-state index in [1.807, 2.05) is 17.5 Å². The van der Waals surface area contributed by atoms with Crippen molar-refractivity contribution in [3.05, 3.63) is 24.2 Å². The Kier molecular flexibility index (Phi) is 4.51. The zero-order valence-electron chi connectivity index (χ0n) is 15.2. The van der Waals surface area contributed by atoms with Crippen molar-refractivity contribution < 1.29 is 14.4 Å². The van der Waals surface area contributed by atoms with Gasteiger partial charge in [-0.05, 0) is 31.9 Å². The first-order valence-corrected chi connectivity index (χ1v) is 9.29. The van der Waals surface area contributed by atoms with Gasteiger partial charge in [0.05, 0.1) is 5.69 Å². The molecular weight excluding hydrogens is 348 g/mol. The molecular formula is C18H22N6O3. The second-order valence-corrected chi connectivity index (χ2v) is 6.99. The van der Waals surface area contributed by atoms with E-state index >= 15 is 0 Å². The van der Waals surface area contributed by atoms with Gasteiger partial charge in [-0.2, -0.15) is 0 Å². The van der Waals surface area contributed by atoms with E-state index in [1.165, 1.54) is 16.2 Å². The summed E-state index contributed by atoms with van der Waals surface area (Å²) < 4.78 is 1.91. The van der Waals surface area contributed by atoms with E-state index in [-0.39, 0.29) is 12.5 Å². The fourth-order valence-corrected chi connectivity index (χ4v) is 3.47. The highest BCUT2D eigenvalue weighted by atomic mass is 16.2. The Labute approximate surface area is 156 Å². The summed E-state index contributed by atoms with van der Waals surface area (Å²) in [7, 11) is 0. The predicted octanol–water partition coefficient (Wildman–Crippen LogP) is 0.626. The van der Waals surface area contributed by atoms with E-state index < -0.39 is 11.8 Å². The van der Waals surface area contributed by atoms with E-state index in [0.29, 0.717) is 31.2 Å². The lowest BCUT2D eigenvalue weighted by molar-refractivity contribution is -0.156. The second-order valence-electron chi connectivity index (χ2n) is 6.99. The molecule has 4 rings (SSSR count). The molecule has 27 heavy (non-hydrogen) atoms. The Bertz CT molecular complexity index is 904. The van der Waals surface area contributed by atoms with Crippen LogP contribution in [0, 0.1) is 0 Å². The summed E-state index contributed by atoms with van der Waals surface area (Å²) >= 11 is 0. The van der Waals surface area contributed by atoms with Gasteiger partial charge >= 0.3 is 11.8 Å². The van der Waals surface area contributed by atoms with Crippen LogP contribution >= 0.6 is 0 Å². The Hall–Kier alpha value is -2.97. The van der Waals surface area contributed by atoms with Crippen molar-refractivity contribution in [1.29, 1.82) is 0 Å². The zero-order chi connectivity index (χ0) is 19.0. The number of amides is 3. The van der Waals surface area contributed by atoms with Crippen molar-refractivity contribution in [2.24, 2.45) is 0 Å². The molecule has 3 amide bonds. The molecule has 2 aromatic heterocycles. The van der Waals surface area contributed by atoms with Gasteiger partial charge in [0.25, 0.3) is 0 Å². The highest BCUT2D eigenvalue weighted by Gasteiger charge is 2.32. The molecule has 9 nitrogen and oxygen atoms in total. The number of hydrogen-bond donors (Lipinski definition) is 1. The van der Waals surface area contributed by atoms with E-state index in [4.69, 9.17) is 0 Å². The Morgan fingerprint density at radius 3 is 2.59 bits per heavy atom. The second kappa shape index (κ2) is 6.98. The maximum Gasteiger partial charge on any atom is 0.312 e. The molecule has 142 valence electrons. The fraction of sp³-hybridized carbons (Fsp3) is 0.500. The van der Waals surface area contributed by atoms with Crippen LogP contribution in [0.4, 0.5) is 5.69 Å². The molecule has 2 aliphatic rings. The molecule has 0 bridgehead atoms. The highest BCUT2D eigenvalue weighted by molar-refractivity contribution is 6.35. The molecule has 2 aromatic rings. The largest absolute Gasteiger partial charge is 0.333 e. The summed E-state index contributed by atoms with van der Waals surface area (Å²) in [5.74, 6) is -0.167. The van der Waals surface area contributed by atoms with Crippen molar-refractivity contribution >= 4 is 29.1 Å². The van der Waals surface area contributed by atoms with Crippen LogP contribution in [0.5, 0.6) is 0 Å². The lowest BCUT2D eigenvalue weighted by atomic mass is 9.85. The van der Waals surface area contributed by atoms with Gasteiger partial charge in [0, 0.05) is 31.7 Å². The maximum atomic E-state index is 12.4. The number of aromatic nitrogens is 3. The van der Waals surface area contributed by atoms with Gasteiger partial charge in [0.1, 0.15) is 12.4 Å². The highest BCUT2D eigenvalue weighted by Crippen LogP contribution is 2.35. The van der Waals surface area contributed by atoms with Gasteiger partial charge in [-0.15, -0.1) is 10.2 Å². The van der Waals surface area contributed by atoms with E-state index in [2.05, 4.69) is 15.5 Å². The molecule has 0 radical (unpaired) electrons. The van der Waals surface area contributed by atoms with Gasteiger partial charge in [-0.1, -0.05) is 6.42 Å². The lowest BCUT2D eigenvalue weighted by Crippen LogP contribution is -2.55. The number of nitrogens with zero attached hydrogens (tertiary/aromatic N) is 5. The molecule has 9 heteroatoms. The van der Waals surface area contributed by atoms with Crippen LogP contribution in [-0.4, -0.2) is 68.3 Å². The van der Waals surface area contributed by atoms with E-state index in [9.17, 15) is 14.4 Å². The van der Waals surface area contributed by atoms with Gasteiger partial charge in [0.15, 0.2) is 5.65 Å². The molecule has 0 aromatic carbocycles. The molecule has 0 atom stereocenters. The number of rotatable bonds is 5. The first-order chi connectivity index (χ1) is 13.1. The number of anilines is 1. The average Bonchev–Trinajstić information content (AvgIpc) is 3.01. The van der Waals surface area contributed by atoms with Gasteiger partial charge in [-0.25, -0.2) is 0 Å². The van der Waals surface area contributed by atoms with Crippen LogP contribution < -0.4 is 5.32 Å². The minimum absolute atomic E-state index is 0.141. The Morgan fingerprint density at radius 2 is 1.89 bits per heavy atom. The number of carbonyl (C=O) groups is 3. The first kappa shape index (κ1) is 17.4. The van der Waals surface area contributed by atoms with Crippen molar-refractivity contribution in [2.75, 3.05) is 31.5 Å². The average molecular weight is 370 g/mol. The normalized spacial score (nSPS) is 18.1. The first-order valence-electron chi connectivity index (χ1n) is 9.29. The topological polar surface area (TPSA) is 99.9 Å². The third-order valence-electron chi connectivity index (χ3n) is 5.30. The van der Waals surface area contributed by atoms with Crippen LogP contribution in [0.2, 0.25) is 0 Å². The molecule has 0 spiro atoms. The van der Waals surface area contributed by atoms with Crippen molar-refractivity contribution in [3.63, 3.8) is 0 Å². The summed E-state index contributed by atoms with van der Waals surface area (Å²) in [6.07, 6.45) is 5.23. The number of pyridine rings is 1. The molecule has 1 aliphatic heterocycles. The van der Waals surface area contributed by atoms with E-state index in [1.54, 1.807) is 12.1 Å². The molecule has 1 saturated heterocycles. The maximum absolute atomic E-state index is 12.4. The third-order valence-corrected chi connectivity index (χ3v) is 5.30. The summed E-state index contributed by atoms with van der Waals surface area (Å²) in [5.41, 5.74) is 1.35. The van der Waals surface area contributed by atoms with Crippen LogP contribution in [0.1, 0.15) is 37.9 Å². The summed E-state index contributed by atoms with van der Waals surface area (Å²) in [6, 6.07) is 3.56. The number of carbonyl (C=O) groups excluding carboxylic acids is 3. The standard InChI is InChI=1S/C18H22N6O3/c1-2-22-8-9-23(18(27)17(22)26)11-15(25)19-13-6-7-14-20-21-16(24(14)10-13)12-4-3-5-12/h6-7,10,12H,2-5,8-9,11H2,1H3,(H,19,25). The summed E-state index contributed by atoms with van der Waals surface area (Å²) in [4.78, 5) is 39.2. The van der Waals surface area contributed by atoms with Crippen molar-refractivity contribution in [3.8, 4) is 0 Å². The number of fused-ring (bicyclic) bond motifs is 1. The summed E-state index contributed by atoms with van der Waals surface area (Å²) in [6.45, 7) is 2.99. The fourth-order valence-electron chi connectivity index (χ4n) is 3.47. The van der Waals surface area contributed by atoms with Crippen molar-refractivity contribution in [2.45, 2.75) is 32.1 Å². The van der Waals surface area contributed by atoms with E-state index in [0.717, 1.165) is 24.3 Å². The predicted molar refractivity (Wildman–Crippen MR) is 97.0 cm³/mol. The Morgan fingerprint density at radius 1 is 1.15 bits per heavy atom. The van der Waals surface area contributed by atoms with Gasteiger partial charge in [0.2, 0.25) is 5.91 Å². The lowest BCUT2D eigenvalue weighted by Gasteiger charge is -2.32. The Balaban J connectivity index is 1.43. The summed E-state index contributed by atoms with van der Waals surface area (Å²) in [5, 5.41) is 11.2. The zero-order valence-corrected chi connectivity index (χ0v) is 15.2. The smallest absolute Gasteiger partial charge is 0.312 e. The van der Waals surface area contributed by atoms with Crippen LogP contribution in [0.15, 0.2) is 18.3 Å². The SMILES string of the molecule is CCN1CCN(CC(=O)Nc2ccc3nnc(C4CCC4)n3c2)C(=O)C1=O. The monoisotopic (exact) mass is 370 g/mol. The van der Waals surface area contributed by atoms with Crippen LogP contribution in [-0.2, 0) is 14.4 Å².